The zero-order valence-electron chi connectivity index (χ0n) is 9.74. The Hall–Kier alpha value is -1.11. The second-order valence-electron chi connectivity index (χ2n) is 4.60. The Labute approximate surface area is 92.6 Å². The number of hydrogen-bond acceptors (Lipinski definition) is 2. The summed E-state index contributed by atoms with van der Waals surface area (Å²) in [5.74, 6) is 0. The van der Waals surface area contributed by atoms with Crippen LogP contribution in [0.2, 0.25) is 19.6 Å². The molecule has 1 rings (SSSR count). The Bertz CT molecular complexity index is 376. The van der Waals surface area contributed by atoms with E-state index < -0.39 is 14.4 Å². The SMILES string of the molecule is Cc1ccccc1C(C#N)O[Si](C)(C)C. The third-order valence-electron chi connectivity index (χ3n) is 2.06. The molecule has 80 valence electrons. The average molecular weight is 219 g/mol. The molecule has 0 saturated carbocycles. The molecule has 1 unspecified atom stereocenters. The molecule has 0 bridgehead atoms. The lowest BCUT2D eigenvalue weighted by Crippen LogP contribution is -2.27. The molecule has 15 heavy (non-hydrogen) atoms. The van der Waals surface area contributed by atoms with Gasteiger partial charge in [-0.3, -0.25) is 0 Å². The Morgan fingerprint density at radius 3 is 2.33 bits per heavy atom. The summed E-state index contributed by atoms with van der Waals surface area (Å²) in [6.07, 6.45) is -0.419. The fourth-order valence-electron chi connectivity index (χ4n) is 1.39. The first-order valence-corrected chi connectivity index (χ1v) is 8.48. The molecule has 0 aliphatic rings. The maximum absolute atomic E-state index is 9.11. The van der Waals surface area contributed by atoms with E-state index in [0.717, 1.165) is 11.1 Å². The van der Waals surface area contributed by atoms with Crippen LogP contribution in [-0.2, 0) is 4.43 Å². The fourth-order valence-corrected chi connectivity index (χ4v) is 2.28. The molecule has 0 spiro atoms. The minimum atomic E-state index is -1.67. The van der Waals surface area contributed by atoms with Crippen molar-refractivity contribution in [2.75, 3.05) is 0 Å². The molecule has 1 aromatic carbocycles. The lowest BCUT2D eigenvalue weighted by Gasteiger charge is -2.22. The van der Waals surface area contributed by atoms with Crippen LogP contribution < -0.4 is 0 Å². The average Bonchev–Trinajstić information content (AvgIpc) is 2.14. The summed E-state index contributed by atoms with van der Waals surface area (Å²) < 4.78 is 5.83. The Kier molecular flexibility index (Phi) is 3.67. The molecule has 0 heterocycles. The second kappa shape index (κ2) is 4.60. The fraction of sp³-hybridized carbons (Fsp3) is 0.417. The molecular formula is C12H17NOSi. The maximum Gasteiger partial charge on any atom is 0.186 e. The van der Waals surface area contributed by atoms with Gasteiger partial charge in [0.15, 0.2) is 14.4 Å². The Morgan fingerprint density at radius 1 is 1.27 bits per heavy atom. The first-order chi connectivity index (χ1) is 6.94. The van der Waals surface area contributed by atoms with Crippen LogP contribution in [-0.4, -0.2) is 8.32 Å². The summed E-state index contributed by atoms with van der Waals surface area (Å²) in [4.78, 5) is 0. The number of benzene rings is 1. The lowest BCUT2D eigenvalue weighted by atomic mass is 10.0. The first kappa shape index (κ1) is 12.0. The predicted octanol–water partition coefficient (Wildman–Crippen LogP) is 3.41. The summed E-state index contributed by atoms with van der Waals surface area (Å²) in [6, 6.07) is 10.1. The monoisotopic (exact) mass is 219 g/mol. The van der Waals surface area contributed by atoms with Crippen molar-refractivity contribution in [3.8, 4) is 6.07 Å². The van der Waals surface area contributed by atoms with Crippen molar-refractivity contribution in [1.29, 1.82) is 5.26 Å². The van der Waals surface area contributed by atoms with Gasteiger partial charge in [0.25, 0.3) is 0 Å². The molecule has 0 saturated heterocycles. The van der Waals surface area contributed by atoms with Crippen LogP contribution in [0, 0.1) is 18.3 Å². The van der Waals surface area contributed by atoms with E-state index in [1.807, 2.05) is 31.2 Å². The number of hydrogen-bond donors (Lipinski definition) is 0. The number of nitriles is 1. The van der Waals surface area contributed by atoms with E-state index in [2.05, 4.69) is 25.7 Å². The standard InChI is InChI=1S/C12H17NOSi/c1-10-7-5-6-8-11(10)12(9-13)14-15(2,3)4/h5-8,12H,1-4H3. The van der Waals surface area contributed by atoms with Gasteiger partial charge in [-0.15, -0.1) is 0 Å². The molecule has 1 aromatic rings. The quantitative estimate of drug-likeness (QED) is 0.730. The molecule has 2 nitrogen and oxygen atoms in total. The number of aryl methyl sites for hydroxylation is 1. The van der Waals surface area contributed by atoms with Crippen LogP contribution in [0.3, 0.4) is 0 Å². The summed E-state index contributed by atoms with van der Waals surface area (Å²) in [6.45, 7) is 8.29. The van der Waals surface area contributed by atoms with Crippen molar-refractivity contribution >= 4 is 8.32 Å². The molecule has 1 atom stereocenters. The van der Waals surface area contributed by atoms with Crippen LogP contribution in [0.1, 0.15) is 17.2 Å². The highest BCUT2D eigenvalue weighted by Crippen LogP contribution is 2.23. The molecule has 0 radical (unpaired) electrons. The maximum atomic E-state index is 9.11. The van der Waals surface area contributed by atoms with Gasteiger partial charge in [0.05, 0.1) is 6.07 Å². The van der Waals surface area contributed by atoms with Crippen molar-refractivity contribution in [2.24, 2.45) is 0 Å². The van der Waals surface area contributed by atoms with Crippen molar-refractivity contribution in [3.05, 3.63) is 35.4 Å². The van der Waals surface area contributed by atoms with Crippen LogP contribution in [0.4, 0.5) is 0 Å². The first-order valence-electron chi connectivity index (χ1n) is 5.07. The molecule has 3 heteroatoms. The van der Waals surface area contributed by atoms with Crippen LogP contribution in [0.15, 0.2) is 24.3 Å². The van der Waals surface area contributed by atoms with Crippen LogP contribution >= 0.6 is 0 Å². The van der Waals surface area contributed by atoms with Gasteiger partial charge in [-0.05, 0) is 37.7 Å². The van der Waals surface area contributed by atoms with Gasteiger partial charge in [0.2, 0.25) is 0 Å². The third-order valence-corrected chi connectivity index (χ3v) is 3.00. The highest BCUT2D eigenvalue weighted by Gasteiger charge is 2.22. The van der Waals surface area contributed by atoms with Crippen molar-refractivity contribution in [3.63, 3.8) is 0 Å². The predicted molar refractivity (Wildman–Crippen MR) is 64.0 cm³/mol. The summed E-state index contributed by atoms with van der Waals surface area (Å²) >= 11 is 0. The lowest BCUT2D eigenvalue weighted by molar-refractivity contribution is 0.254. The van der Waals surface area contributed by atoms with Gasteiger partial charge in [0.1, 0.15) is 0 Å². The van der Waals surface area contributed by atoms with Crippen molar-refractivity contribution < 1.29 is 4.43 Å². The summed E-state index contributed by atoms with van der Waals surface area (Å²) in [7, 11) is -1.67. The highest BCUT2D eigenvalue weighted by molar-refractivity contribution is 6.69. The van der Waals surface area contributed by atoms with E-state index in [-0.39, 0.29) is 0 Å². The molecule has 0 fully saturated rings. The van der Waals surface area contributed by atoms with Gasteiger partial charge in [-0.1, -0.05) is 24.3 Å². The van der Waals surface area contributed by atoms with Gasteiger partial charge in [0, 0.05) is 0 Å². The van der Waals surface area contributed by atoms with E-state index in [4.69, 9.17) is 9.69 Å². The number of rotatable bonds is 3. The topological polar surface area (TPSA) is 33.0 Å². The van der Waals surface area contributed by atoms with Crippen LogP contribution in [0.25, 0.3) is 0 Å². The largest absolute Gasteiger partial charge is 0.399 e. The Morgan fingerprint density at radius 2 is 1.87 bits per heavy atom. The van der Waals surface area contributed by atoms with Gasteiger partial charge in [-0.2, -0.15) is 5.26 Å². The highest BCUT2D eigenvalue weighted by atomic mass is 28.4. The molecule has 0 N–H and O–H groups in total. The van der Waals surface area contributed by atoms with Crippen molar-refractivity contribution in [1.82, 2.24) is 0 Å². The third kappa shape index (κ3) is 3.50. The zero-order valence-corrected chi connectivity index (χ0v) is 10.7. The second-order valence-corrected chi connectivity index (χ2v) is 9.06. The van der Waals surface area contributed by atoms with Crippen LogP contribution in [0.5, 0.6) is 0 Å². The molecule has 0 aliphatic heterocycles. The van der Waals surface area contributed by atoms with E-state index in [0.29, 0.717) is 0 Å². The molecular weight excluding hydrogens is 202 g/mol. The minimum Gasteiger partial charge on any atom is -0.399 e. The summed E-state index contributed by atoms with van der Waals surface area (Å²) in [5, 5.41) is 9.11. The normalized spacial score (nSPS) is 13.3. The van der Waals surface area contributed by atoms with E-state index in [1.165, 1.54) is 0 Å². The van der Waals surface area contributed by atoms with E-state index in [9.17, 15) is 0 Å². The van der Waals surface area contributed by atoms with E-state index in [1.54, 1.807) is 0 Å². The van der Waals surface area contributed by atoms with Crippen molar-refractivity contribution in [2.45, 2.75) is 32.7 Å². The Balaban J connectivity index is 2.95. The van der Waals surface area contributed by atoms with Gasteiger partial charge in [-0.25, -0.2) is 0 Å². The zero-order chi connectivity index (χ0) is 11.5. The smallest absolute Gasteiger partial charge is 0.186 e. The van der Waals surface area contributed by atoms with Gasteiger partial charge < -0.3 is 4.43 Å². The molecule has 0 aliphatic carbocycles. The van der Waals surface area contributed by atoms with Gasteiger partial charge >= 0.3 is 0 Å². The molecule has 0 aromatic heterocycles. The number of nitrogens with zero attached hydrogens (tertiary/aromatic N) is 1. The summed E-state index contributed by atoms with van der Waals surface area (Å²) in [5.41, 5.74) is 2.10. The van der Waals surface area contributed by atoms with E-state index >= 15 is 0 Å². The minimum absolute atomic E-state index is 0.419. The molecule has 0 amide bonds.